The lowest BCUT2D eigenvalue weighted by atomic mass is 10.1. The molecule has 3 aromatic rings. The Bertz CT molecular complexity index is 521. The van der Waals surface area contributed by atoms with E-state index in [2.05, 4.69) is 9.97 Å². The molecular formula is C12H8N2O2. The molecule has 0 aliphatic carbocycles. The zero-order valence-corrected chi connectivity index (χ0v) is 8.33. The van der Waals surface area contributed by atoms with Crippen LogP contribution in [0.1, 0.15) is 0 Å². The van der Waals surface area contributed by atoms with Crippen LogP contribution in [0.4, 0.5) is 0 Å². The molecule has 0 radical (unpaired) electrons. The van der Waals surface area contributed by atoms with E-state index in [1.807, 2.05) is 24.3 Å². The van der Waals surface area contributed by atoms with Gasteiger partial charge in [0.05, 0.1) is 12.4 Å². The summed E-state index contributed by atoms with van der Waals surface area (Å²) in [6, 6.07) is 7.70. The maximum Gasteiger partial charge on any atom is 0.225 e. The van der Waals surface area contributed by atoms with Crippen LogP contribution >= 0.6 is 0 Å². The molecular weight excluding hydrogens is 204 g/mol. The molecule has 2 heterocycles. The lowest BCUT2D eigenvalue weighted by molar-refractivity contribution is 0.572. The molecule has 2 aromatic heterocycles. The number of hydrogen-bond acceptors (Lipinski definition) is 4. The third-order valence-electron chi connectivity index (χ3n) is 2.22. The van der Waals surface area contributed by atoms with Crippen LogP contribution in [0.25, 0.3) is 22.9 Å². The van der Waals surface area contributed by atoms with Crippen molar-refractivity contribution in [2.45, 2.75) is 0 Å². The van der Waals surface area contributed by atoms with E-state index >= 15 is 0 Å². The Balaban J connectivity index is 2.07. The predicted molar refractivity (Wildman–Crippen MR) is 57.4 cm³/mol. The number of oxazole rings is 2. The minimum atomic E-state index is 0.591. The van der Waals surface area contributed by atoms with Gasteiger partial charge < -0.3 is 8.83 Å². The fraction of sp³-hybridized carbons (Fsp3) is 0. The van der Waals surface area contributed by atoms with Gasteiger partial charge in [-0.25, -0.2) is 9.97 Å². The van der Waals surface area contributed by atoms with Gasteiger partial charge in [0.25, 0.3) is 0 Å². The van der Waals surface area contributed by atoms with Crippen molar-refractivity contribution in [3.05, 3.63) is 49.2 Å². The summed E-state index contributed by atoms with van der Waals surface area (Å²) in [5, 5.41) is 0. The molecule has 0 saturated heterocycles. The number of hydrogen-bond donors (Lipinski definition) is 0. The summed E-state index contributed by atoms with van der Waals surface area (Å²) in [5.41, 5.74) is 1.81. The van der Waals surface area contributed by atoms with E-state index in [4.69, 9.17) is 8.83 Å². The standard InChI is InChI=1S/C12H8N2O2/c1-2-9(11-13-4-6-15-11)8-10(3-1)12-14-5-7-16-12/h1-8H. The first-order valence-corrected chi connectivity index (χ1v) is 4.83. The number of benzene rings is 1. The first kappa shape index (κ1) is 8.91. The van der Waals surface area contributed by atoms with Crippen LogP contribution in [0, 0.1) is 0 Å². The highest BCUT2D eigenvalue weighted by Gasteiger charge is 2.06. The van der Waals surface area contributed by atoms with Crippen LogP contribution in [0.5, 0.6) is 0 Å². The Kier molecular flexibility index (Phi) is 2.04. The summed E-state index contributed by atoms with van der Waals surface area (Å²) in [4.78, 5) is 8.18. The predicted octanol–water partition coefficient (Wildman–Crippen LogP) is 3.00. The minimum absolute atomic E-state index is 0.591. The first-order valence-electron chi connectivity index (χ1n) is 4.83. The highest BCUT2D eigenvalue weighted by atomic mass is 16.3. The van der Waals surface area contributed by atoms with Crippen LogP contribution in [0.15, 0.2) is 58.0 Å². The van der Waals surface area contributed by atoms with Gasteiger partial charge in [-0.1, -0.05) is 6.07 Å². The molecule has 78 valence electrons. The number of rotatable bonds is 2. The second-order valence-electron chi connectivity index (χ2n) is 3.26. The van der Waals surface area contributed by atoms with E-state index < -0.39 is 0 Å². The highest BCUT2D eigenvalue weighted by molar-refractivity contribution is 5.64. The molecule has 1 aromatic carbocycles. The normalized spacial score (nSPS) is 10.5. The monoisotopic (exact) mass is 212 g/mol. The molecule has 0 aliphatic heterocycles. The molecule has 0 fully saturated rings. The molecule has 0 bridgehead atoms. The second-order valence-corrected chi connectivity index (χ2v) is 3.26. The SMILES string of the molecule is c1cc(-c2ncco2)cc(-c2ncco2)c1. The quantitative estimate of drug-likeness (QED) is 0.655. The van der Waals surface area contributed by atoms with Crippen LogP contribution in [-0.4, -0.2) is 9.97 Å². The average molecular weight is 212 g/mol. The zero-order valence-electron chi connectivity index (χ0n) is 8.33. The Morgan fingerprint density at radius 2 is 1.38 bits per heavy atom. The smallest absolute Gasteiger partial charge is 0.225 e. The van der Waals surface area contributed by atoms with Crippen LogP contribution in [0.3, 0.4) is 0 Å². The maximum atomic E-state index is 5.23. The molecule has 3 rings (SSSR count). The van der Waals surface area contributed by atoms with E-state index in [1.165, 1.54) is 0 Å². The van der Waals surface area contributed by atoms with Gasteiger partial charge in [-0.15, -0.1) is 0 Å². The van der Waals surface area contributed by atoms with Gasteiger partial charge in [0, 0.05) is 11.1 Å². The van der Waals surface area contributed by atoms with Crippen molar-refractivity contribution in [3.8, 4) is 22.9 Å². The third-order valence-corrected chi connectivity index (χ3v) is 2.22. The Morgan fingerprint density at radius 1 is 0.812 bits per heavy atom. The molecule has 4 heteroatoms. The lowest BCUT2D eigenvalue weighted by Crippen LogP contribution is -1.80. The fourth-order valence-electron chi connectivity index (χ4n) is 1.52. The van der Waals surface area contributed by atoms with Crippen LogP contribution in [0.2, 0.25) is 0 Å². The third kappa shape index (κ3) is 1.50. The Morgan fingerprint density at radius 3 is 1.81 bits per heavy atom. The molecule has 0 unspecified atom stereocenters. The second kappa shape index (κ2) is 3.66. The number of aromatic nitrogens is 2. The van der Waals surface area contributed by atoms with Gasteiger partial charge in [0.2, 0.25) is 11.8 Å². The van der Waals surface area contributed by atoms with Crippen molar-refractivity contribution >= 4 is 0 Å². The van der Waals surface area contributed by atoms with E-state index in [1.54, 1.807) is 24.9 Å². The molecule has 4 nitrogen and oxygen atoms in total. The molecule has 0 amide bonds. The summed E-state index contributed by atoms with van der Waals surface area (Å²) in [7, 11) is 0. The van der Waals surface area contributed by atoms with Crippen molar-refractivity contribution in [1.29, 1.82) is 0 Å². The minimum Gasteiger partial charge on any atom is -0.445 e. The summed E-state index contributed by atoms with van der Waals surface area (Å²) in [5.74, 6) is 1.18. The highest BCUT2D eigenvalue weighted by Crippen LogP contribution is 2.23. The molecule has 0 saturated carbocycles. The average Bonchev–Trinajstić information content (AvgIpc) is 3.03. The maximum absolute atomic E-state index is 5.23. The summed E-state index contributed by atoms with van der Waals surface area (Å²) in [6.45, 7) is 0. The van der Waals surface area contributed by atoms with Crippen molar-refractivity contribution in [2.75, 3.05) is 0 Å². The first-order chi connectivity index (χ1) is 7.93. The molecule has 0 aliphatic rings. The van der Waals surface area contributed by atoms with E-state index in [0.29, 0.717) is 11.8 Å². The van der Waals surface area contributed by atoms with Gasteiger partial charge in [0.1, 0.15) is 12.5 Å². The van der Waals surface area contributed by atoms with Gasteiger partial charge in [0.15, 0.2) is 0 Å². The fourth-order valence-corrected chi connectivity index (χ4v) is 1.52. The van der Waals surface area contributed by atoms with Gasteiger partial charge in [-0.05, 0) is 18.2 Å². The molecule has 16 heavy (non-hydrogen) atoms. The van der Waals surface area contributed by atoms with Crippen LogP contribution in [-0.2, 0) is 0 Å². The van der Waals surface area contributed by atoms with Crippen molar-refractivity contribution in [2.24, 2.45) is 0 Å². The number of nitrogens with zero attached hydrogens (tertiary/aromatic N) is 2. The van der Waals surface area contributed by atoms with E-state index in [-0.39, 0.29) is 0 Å². The Labute approximate surface area is 91.6 Å². The zero-order chi connectivity index (χ0) is 10.8. The van der Waals surface area contributed by atoms with E-state index in [9.17, 15) is 0 Å². The lowest BCUT2D eigenvalue weighted by Gasteiger charge is -1.98. The summed E-state index contributed by atoms with van der Waals surface area (Å²) >= 11 is 0. The molecule has 0 atom stereocenters. The topological polar surface area (TPSA) is 52.1 Å². The van der Waals surface area contributed by atoms with Gasteiger partial charge in [-0.2, -0.15) is 0 Å². The van der Waals surface area contributed by atoms with Crippen molar-refractivity contribution in [3.63, 3.8) is 0 Å². The Hall–Kier alpha value is -2.36. The van der Waals surface area contributed by atoms with Crippen molar-refractivity contribution in [1.82, 2.24) is 9.97 Å². The van der Waals surface area contributed by atoms with Crippen LogP contribution < -0.4 is 0 Å². The van der Waals surface area contributed by atoms with Gasteiger partial charge in [-0.3, -0.25) is 0 Å². The molecule has 0 N–H and O–H groups in total. The van der Waals surface area contributed by atoms with E-state index in [0.717, 1.165) is 11.1 Å². The summed E-state index contributed by atoms with van der Waals surface area (Å²) in [6.07, 6.45) is 6.33. The van der Waals surface area contributed by atoms with Crippen molar-refractivity contribution < 1.29 is 8.83 Å². The summed E-state index contributed by atoms with van der Waals surface area (Å²) < 4.78 is 10.5. The van der Waals surface area contributed by atoms with Gasteiger partial charge >= 0.3 is 0 Å². The largest absolute Gasteiger partial charge is 0.445 e. The molecule has 0 spiro atoms.